The molecule has 1 saturated heterocycles. The third-order valence-corrected chi connectivity index (χ3v) is 3.71. The van der Waals surface area contributed by atoms with E-state index in [0.29, 0.717) is 0 Å². The van der Waals surface area contributed by atoms with Gasteiger partial charge in [-0.15, -0.1) is 0 Å². The Labute approximate surface area is 119 Å². The summed E-state index contributed by atoms with van der Waals surface area (Å²) in [5.74, 6) is -3.80. The summed E-state index contributed by atoms with van der Waals surface area (Å²) in [6.07, 6.45) is -0.464. The third-order valence-electron chi connectivity index (χ3n) is 3.71. The number of amides is 1. The van der Waals surface area contributed by atoms with Crippen LogP contribution in [0.25, 0.3) is 0 Å². The molecule has 1 aromatic rings. The lowest BCUT2D eigenvalue weighted by molar-refractivity contribution is -0.165. The quantitative estimate of drug-likeness (QED) is 0.871. The van der Waals surface area contributed by atoms with Crippen LogP contribution >= 0.6 is 0 Å². The van der Waals surface area contributed by atoms with Gasteiger partial charge in [0.1, 0.15) is 0 Å². The molecule has 7 heteroatoms. The van der Waals surface area contributed by atoms with Crippen LogP contribution in [0.3, 0.4) is 0 Å². The van der Waals surface area contributed by atoms with Gasteiger partial charge in [0.15, 0.2) is 17.2 Å². The van der Waals surface area contributed by atoms with Crippen LogP contribution in [0.4, 0.5) is 8.78 Å². The highest BCUT2D eigenvalue weighted by molar-refractivity contribution is 5.80. The molecule has 1 amide bonds. The highest BCUT2D eigenvalue weighted by atomic mass is 19.2. The van der Waals surface area contributed by atoms with E-state index in [1.165, 1.54) is 17.0 Å². The minimum atomic E-state index is -1.82. The summed E-state index contributed by atoms with van der Waals surface area (Å²) in [7, 11) is 0. The average Bonchev–Trinajstić information content (AvgIpc) is 2.44. The zero-order chi connectivity index (χ0) is 15.6. The number of benzene rings is 1. The van der Waals surface area contributed by atoms with Gasteiger partial charge in [-0.2, -0.15) is 0 Å². The Bertz CT molecular complexity index is 568. The fourth-order valence-electron chi connectivity index (χ4n) is 2.30. The molecule has 1 heterocycles. The van der Waals surface area contributed by atoms with Crippen molar-refractivity contribution in [2.24, 2.45) is 0 Å². The van der Waals surface area contributed by atoms with E-state index in [9.17, 15) is 23.5 Å². The number of nitrogens with zero attached hydrogens (tertiary/aromatic N) is 1. The number of hydrogen-bond donors (Lipinski definition) is 2. The van der Waals surface area contributed by atoms with E-state index in [0.717, 1.165) is 6.07 Å². The smallest absolute Gasteiger partial charge is 0.335 e. The Morgan fingerprint density at radius 1 is 1.24 bits per heavy atom. The number of carbonyl (C=O) groups excluding carboxylic acids is 1. The Balaban J connectivity index is 2.00. The van der Waals surface area contributed by atoms with Gasteiger partial charge in [-0.25, -0.2) is 13.6 Å². The fourth-order valence-corrected chi connectivity index (χ4v) is 2.30. The number of carboxylic acid groups (broad SMARTS) is 1. The Kier molecular flexibility index (Phi) is 4.22. The second-order valence-electron chi connectivity index (χ2n) is 5.11. The van der Waals surface area contributed by atoms with Crippen LogP contribution in [-0.2, 0) is 16.0 Å². The first kappa shape index (κ1) is 15.4. The summed E-state index contributed by atoms with van der Waals surface area (Å²) in [6.45, 7) is 0.136. The fraction of sp³-hybridized carbons (Fsp3) is 0.429. The highest BCUT2D eigenvalue weighted by Gasteiger charge is 2.40. The zero-order valence-electron chi connectivity index (χ0n) is 11.2. The lowest BCUT2D eigenvalue weighted by Gasteiger charge is -2.35. The van der Waals surface area contributed by atoms with Crippen molar-refractivity contribution in [3.05, 3.63) is 35.4 Å². The molecule has 1 aromatic carbocycles. The minimum absolute atomic E-state index is 0.0425. The number of aliphatic carboxylic acids is 1. The monoisotopic (exact) mass is 299 g/mol. The molecule has 114 valence electrons. The normalized spacial score (nSPS) is 17.6. The lowest BCUT2D eigenvalue weighted by Crippen LogP contribution is -2.51. The van der Waals surface area contributed by atoms with Crippen molar-refractivity contribution in [1.29, 1.82) is 0 Å². The van der Waals surface area contributed by atoms with Gasteiger partial charge >= 0.3 is 5.97 Å². The van der Waals surface area contributed by atoms with E-state index < -0.39 is 29.1 Å². The van der Waals surface area contributed by atoms with Crippen LogP contribution in [0.15, 0.2) is 18.2 Å². The molecule has 2 rings (SSSR count). The molecule has 0 aromatic heterocycles. The maximum atomic E-state index is 13.5. The van der Waals surface area contributed by atoms with Crippen LogP contribution < -0.4 is 0 Å². The second kappa shape index (κ2) is 5.77. The van der Waals surface area contributed by atoms with E-state index in [2.05, 4.69) is 0 Å². The van der Waals surface area contributed by atoms with Crippen LogP contribution in [0.1, 0.15) is 18.4 Å². The summed E-state index contributed by atoms with van der Waals surface area (Å²) in [6, 6.07) is 3.62. The van der Waals surface area contributed by atoms with Crippen LogP contribution in [0.2, 0.25) is 0 Å². The number of piperidine rings is 1. The predicted molar refractivity (Wildman–Crippen MR) is 68.5 cm³/mol. The largest absolute Gasteiger partial charge is 0.479 e. The molecule has 1 aliphatic rings. The molecule has 0 spiro atoms. The Morgan fingerprint density at radius 3 is 2.43 bits per heavy atom. The molecular weight excluding hydrogens is 284 g/mol. The minimum Gasteiger partial charge on any atom is -0.479 e. The summed E-state index contributed by atoms with van der Waals surface area (Å²) < 4.78 is 26.6. The Hall–Kier alpha value is -2.02. The zero-order valence-corrected chi connectivity index (χ0v) is 11.2. The number of hydrogen-bond acceptors (Lipinski definition) is 3. The number of halogens is 2. The molecule has 0 aliphatic carbocycles. The van der Waals surface area contributed by atoms with E-state index in [1.54, 1.807) is 0 Å². The molecule has 0 bridgehead atoms. The van der Waals surface area contributed by atoms with Gasteiger partial charge in [-0.05, 0) is 6.07 Å². The first-order chi connectivity index (χ1) is 9.83. The van der Waals surface area contributed by atoms with Gasteiger partial charge < -0.3 is 15.1 Å². The van der Waals surface area contributed by atoms with Gasteiger partial charge in [-0.1, -0.05) is 12.1 Å². The van der Waals surface area contributed by atoms with E-state index in [1.807, 2.05) is 0 Å². The SMILES string of the molecule is O=C(Cc1cccc(F)c1F)N1CCC(O)(C(=O)O)CC1. The first-order valence-electron chi connectivity index (χ1n) is 6.50. The molecule has 0 saturated carbocycles. The van der Waals surface area contributed by atoms with Gasteiger partial charge in [0.2, 0.25) is 5.91 Å². The summed E-state index contributed by atoms with van der Waals surface area (Å²) in [5, 5.41) is 18.7. The lowest BCUT2D eigenvalue weighted by atomic mass is 9.91. The molecule has 2 N–H and O–H groups in total. The Morgan fingerprint density at radius 2 is 1.86 bits per heavy atom. The third kappa shape index (κ3) is 3.18. The van der Waals surface area contributed by atoms with Crippen LogP contribution in [0, 0.1) is 11.6 Å². The summed E-state index contributed by atoms with van der Waals surface area (Å²) in [5.41, 5.74) is -1.86. The molecule has 1 fully saturated rings. The predicted octanol–water partition coefficient (Wildman–Crippen LogP) is 0.945. The molecule has 0 radical (unpaired) electrons. The number of aliphatic hydroxyl groups is 1. The van der Waals surface area contributed by atoms with E-state index in [-0.39, 0.29) is 37.9 Å². The highest BCUT2D eigenvalue weighted by Crippen LogP contribution is 2.23. The molecule has 0 atom stereocenters. The van der Waals surface area contributed by atoms with Crippen molar-refractivity contribution in [2.45, 2.75) is 24.9 Å². The van der Waals surface area contributed by atoms with Gasteiger partial charge in [0.25, 0.3) is 0 Å². The van der Waals surface area contributed by atoms with Gasteiger partial charge in [0, 0.05) is 31.5 Å². The van der Waals surface area contributed by atoms with Crippen molar-refractivity contribution in [3.8, 4) is 0 Å². The van der Waals surface area contributed by atoms with Crippen LogP contribution in [0.5, 0.6) is 0 Å². The van der Waals surface area contributed by atoms with E-state index >= 15 is 0 Å². The first-order valence-corrected chi connectivity index (χ1v) is 6.50. The number of carbonyl (C=O) groups is 2. The number of carboxylic acids is 1. The van der Waals surface area contributed by atoms with Crippen molar-refractivity contribution in [1.82, 2.24) is 4.90 Å². The molecule has 5 nitrogen and oxygen atoms in total. The van der Waals surface area contributed by atoms with E-state index in [4.69, 9.17) is 5.11 Å². The topological polar surface area (TPSA) is 77.8 Å². The second-order valence-corrected chi connectivity index (χ2v) is 5.11. The summed E-state index contributed by atoms with van der Waals surface area (Å²) in [4.78, 5) is 24.2. The van der Waals surface area contributed by atoms with Crippen molar-refractivity contribution < 1.29 is 28.6 Å². The molecule has 21 heavy (non-hydrogen) atoms. The average molecular weight is 299 g/mol. The number of rotatable bonds is 3. The molecule has 0 unspecified atom stereocenters. The van der Waals surface area contributed by atoms with Crippen molar-refractivity contribution in [2.75, 3.05) is 13.1 Å². The van der Waals surface area contributed by atoms with Gasteiger partial charge in [-0.3, -0.25) is 4.79 Å². The molecular formula is C14H15F2NO4. The molecule has 1 aliphatic heterocycles. The van der Waals surface area contributed by atoms with Crippen LogP contribution in [-0.4, -0.2) is 45.7 Å². The van der Waals surface area contributed by atoms with Crippen molar-refractivity contribution >= 4 is 11.9 Å². The summed E-state index contributed by atoms with van der Waals surface area (Å²) >= 11 is 0. The maximum absolute atomic E-state index is 13.5. The van der Waals surface area contributed by atoms with Gasteiger partial charge in [0.05, 0.1) is 6.42 Å². The van der Waals surface area contributed by atoms with Crippen molar-refractivity contribution in [3.63, 3.8) is 0 Å². The standard InChI is InChI=1S/C14H15F2NO4/c15-10-3-1-2-9(12(10)16)8-11(18)17-6-4-14(21,5-7-17)13(19)20/h1-3,21H,4-8H2,(H,19,20). The maximum Gasteiger partial charge on any atom is 0.335 e. The number of likely N-dealkylation sites (tertiary alicyclic amines) is 1.